The van der Waals surface area contributed by atoms with Gasteiger partial charge >= 0.3 is 6.03 Å². The molecule has 8 nitrogen and oxygen atoms in total. The Morgan fingerprint density at radius 1 is 1.29 bits per heavy atom. The zero-order chi connectivity index (χ0) is 19.7. The molecule has 4 rings (SSSR count). The van der Waals surface area contributed by atoms with Crippen molar-refractivity contribution in [3.8, 4) is 11.5 Å². The molecule has 3 heterocycles. The third-order valence-electron chi connectivity index (χ3n) is 4.68. The summed E-state index contributed by atoms with van der Waals surface area (Å²) in [5.41, 5.74) is -0.303. The molecule has 2 N–H and O–H groups in total. The second kappa shape index (κ2) is 7.16. The lowest BCUT2D eigenvalue weighted by molar-refractivity contribution is -0.134. The summed E-state index contributed by atoms with van der Waals surface area (Å²) >= 11 is 1.52. The molecule has 0 spiro atoms. The molecule has 1 aromatic carbocycles. The van der Waals surface area contributed by atoms with Crippen molar-refractivity contribution in [1.29, 1.82) is 0 Å². The summed E-state index contributed by atoms with van der Waals surface area (Å²) in [6.07, 6.45) is 0.279. The molecule has 4 amide bonds. The van der Waals surface area contributed by atoms with E-state index >= 15 is 0 Å². The predicted molar refractivity (Wildman–Crippen MR) is 101 cm³/mol. The summed E-state index contributed by atoms with van der Waals surface area (Å²) in [5, 5.41) is 7.35. The molecule has 1 fully saturated rings. The summed E-state index contributed by atoms with van der Waals surface area (Å²) in [6, 6.07) is 8.63. The van der Waals surface area contributed by atoms with E-state index in [2.05, 4.69) is 10.6 Å². The number of rotatable bonds is 6. The number of imide groups is 1. The number of carbonyl (C=O) groups is 3. The number of nitrogens with one attached hydrogen (secondary N) is 2. The van der Waals surface area contributed by atoms with Crippen molar-refractivity contribution in [2.24, 2.45) is 0 Å². The van der Waals surface area contributed by atoms with Gasteiger partial charge in [0.15, 0.2) is 11.5 Å². The van der Waals surface area contributed by atoms with Crippen molar-refractivity contribution in [2.45, 2.75) is 25.4 Å². The summed E-state index contributed by atoms with van der Waals surface area (Å²) in [7, 11) is 0. The van der Waals surface area contributed by atoms with Gasteiger partial charge in [-0.3, -0.25) is 14.5 Å². The summed E-state index contributed by atoms with van der Waals surface area (Å²) in [4.78, 5) is 39.3. The highest BCUT2D eigenvalue weighted by atomic mass is 32.1. The fourth-order valence-corrected chi connectivity index (χ4v) is 3.91. The monoisotopic (exact) mass is 401 g/mol. The molecule has 0 radical (unpaired) electrons. The van der Waals surface area contributed by atoms with Gasteiger partial charge in [-0.2, -0.15) is 0 Å². The Labute approximate surface area is 165 Å². The number of hydrogen-bond acceptors (Lipinski definition) is 6. The van der Waals surface area contributed by atoms with E-state index in [0.717, 1.165) is 15.3 Å². The molecule has 0 aliphatic carbocycles. The molecule has 2 aliphatic rings. The number of fused-ring (bicyclic) bond motifs is 1. The van der Waals surface area contributed by atoms with Gasteiger partial charge in [-0.05, 0) is 36.1 Å². The molecule has 28 heavy (non-hydrogen) atoms. The van der Waals surface area contributed by atoms with E-state index in [-0.39, 0.29) is 25.7 Å². The van der Waals surface area contributed by atoms with E-state index in [9.17, 15) is 14.4 Å². The van der Waals surface area contributed by atoms with Gasteiger partial charge in [0.25, 0.3) is 5.91 Å². The molecule has 146 valence electrons. The van der Waals surface area contributed by atoms with Crippen molar-refractivity contribution in [3.63, 3.8) is 0 Å². The van der Waals surface area contributed by atoms with Crippen molar-refractivity contribution in [1.82, 2.24) is 15.5 Å². The highest BCUT2D eigenvalue weighted by molar-refractivity contribution is 7.09. The Kier molecular flexibility index (Phi) is 4.68. The molecule has 0 bridgehead atoms. The first-order valence-corrected chi connectivity index (χ1v) is 9.64. The van der Waals surface area contributed by atoms with E-state index in [4.69, 9.17) is 9.47 Å². The maximum Gasteiger partial charge on any atom is 0.325 e. The largest absolute Gasteiger partial charge is 0.454 e. The minimum atomic E-state index is -1.13. The van der Waals surface area contributed by atoms with Crippen LogP contribution < -0.4 is 20.1 Å². The normalized spacial score (nSPS) is 20.4. The molecular weight excluding hydrogens is 382 g/mol. The molecule has 1 atom stereocenters. The Morgan fingerprint density at radius 3 is 2.89 bits per heavy atom. The highest BCUT2D eigenvalue weighted by Crippen LogP contribution is 2.34. The van der Waals surface area contributed by atoms with Gasteiger partial charge in [0.2, 0.25) is 12.7 Å². The fourth-order valence-electron chi connectivity index (χ4n) is 3.27. The molecule has 1 saturated heterocycles. The predicted octanol–water partition coefficient (Wildman–Crippen LogP) is 1.65. The average Bonchev–Trinajstić information content (AvgIpc) is 3.38. The van der Waals surface area contributed by atoms with Gasteiger partial charge in [0.1, 0.15) is 12.1 Å². The summed E-state index contributed by atoms with van der Waals surface area (Å²) in [5.74, 6) is 0.452. The molecule has 2 aromatic rings. The Balaban J connectivity index is 1.40. The number of urea groups is 1. The molecule has 2 aliphatic heterocycles. The van der Waals surface area contributed by atoms with Crippen LogP contribution in [-0.4, -0.2) is 41.6 Å². The van der Waals surface area contributed by atoms with Crippen molar-refractivity contribution >= 4 is 29.2 Å². The number of hydrogen-bond donors (Lipinski definition) is 2. The lowest BCUT2D eigenvalue weighted by Crippen LogP contribution is -2.46. The van der Waals surface area contributed by atoms with Crippen LogP contribution in [0.2, 0.25) is 0 Å². The van der Waals surface area contributed by atoms with E-state index in [1.807, 2.05) is 23.6 Å². The Hall–Kier alpha value is -3.07. The first-order chi connectivity index (χ1) is 13.4. The van der Waals surface area contributed by atoms with Gasteiger partial charge in [-0.25, -0.2) is 4.79 Å². The van der Waals surface area contributed by atoms with E-state index in [1.165, 1.54) is 11.3 Å². The van der Waals surface area contributed by atoms with Crippen LogP contribution in [0.15, 0.2) is 35.7 Å². The molecule has 1 aromatic heterocycles. The number of nitrogens with zero attached hydrogens (tertiary/aromatic N) is 1. The molecule has 9 heteroatoms. The lowest BCUT2D eigenvalue weighted by atomic mass is 9.92. The molecule has 0 saturated carbocycles. The lowest BCUT2D eigenvalue weighted by Gasteiger charge is -2.21. The highest BCUT2D eigenvalue weighted by Gasteiger charge is 2.48. The molecular formula is C19H19N3O5S. The summed E-state index contributed by atoms with van der Waals surface area (Å²) < 4.78 is 10.6. The minimum absolute atomic E-state index is 0.167. The van der Waals surface area contributed by atoms with Crippen molar-refractivity contribution in [3.05, 3.63) is 46.2 Å². The number of ether oxygens (including phenoxy) is 2. The van der Waals surface area contributed by atoms with Crippen LogP contribution in [0.5, 0.6) is 11.5 Å². The van der Waals surface area contributed by atoms with Gasteiger partial charge in [-0.1, -0.05) is 12.1 Å². The second-order valence-electron chi connectivity index (χ2n) is 6.87. The quantitative estimate of drug-likeness (QED) is 0.718. The average molecular weight is 401 g/mol. The fraction of sp³-hybridized carbons (Fsp3) is 0.316. The Bertz CT molecular complexity index is 930. The van der Waals surface area contributed by atoms with Gasteiger partial charge in [-0.15, -0.1) is 11.3 Å². The third-order valence-corrected chi connectivity index (χ3v) is 5.56. The van der Waals surface area contributed by atoms with Crippen LogP contribution in [0, 0.1) is 0 Å². The first-order valence-electron chi connectivity index (χ1n) is 8.76. The maximum atomic E-state index is 12.9. The van der Waals surface area contributed by atoms with Crippen molar-refractivity contribution < 1.29 is 23.9 Å². The third kappa shape index (κ3) is 3.53. The van der Waals surface area contributed by atoms with Crippen molar-refractivity contribution in [2.75, 3.05) is 13.3 Å². The van der Waals surface area contributed by atoms with E-state index < -0.39 is 17.5 Å². The number of carbonyl (C=O) groups excluding carboxylic acids is 3. The van der Waals surface area contributed by atoms with Gasteiger partial charge < -0.3 is 20.1 Å². The van der Waals surface area contributed by atoms with Crippen LogP contribution in [0.4, 0.5) is 4.79 Å². The standard InChI is InChI=1S/C19H19N3O5S/c1-19(8-12-4-5-14-15(7-12)27-11-26-14)17(24)22(18(25)21-19)10-16(23)20-9-13-3-2-6-28-13/h2-7H,8-11H2,1H3,(H,20,23)(H,21,25)/t19-/m0/s1. The maximum absolute atomic E-state index is 12.9. The zero-order valence-corrected chi connectivity index (χ0v) is 16.0. The minimum Gasteiger partial charge on any atom is -0.454 e. The van der Waals surface area contributed by atoms with Crippen LogP contribution >= 0.6 is 11.3 Å². The van der Waals surface area contributed by atoms with Crippen LogP contribution in [0.25, 0.3) is 0 Å². The van der Waals surface area contributed by atoms with Crippen LogP contribution in [-0.2, 0) is 22.6 Å². The SMILES string of the molecule is C[C@@]1(Cc2ccc3c(c2)OCO3)NC(=O)N(CC(=O)NCc2cccs2)C1=O. The smallest absolute Gasteiger partial charge is 0.325 e. The zero-order valence-electron chi connectivity index (χ0n) is 15.2. The number of benzene rings is 1. The van der Waals surface area contributed by atoms with Gasteiger partial charge in [0.05, 0.1) is 6.54 Å². The van der Waals surface area contributed by atoms with Crippen LogP contribution in [0.1, 0.15) is 17.4 Å². The molecule has 0 unspecified atom stereocenters. The van der Waals surface area contributed by atoms with Crippen LogP contribution in [0.3, 0.4) is 0 Å². The summed E-state index contributed by atoms with van der Waals surface area (Å²) in [6.45, 7) is 1.88. The van der Waals surface area contributed by atoms with Gasteiger partial charge in [0, 0.05) is 11.3 Å². The van der Waals surface area contributed by atoms with E-state index in [1.54, 1.807) is 19.1 Å². The Morgan fingerprint density at radius 2 is 2.11 bits per heavy atom. The second-order valence-corrected chi connectivity index (χ2v) is 7.91. The van der Waals surface area contributed by atoms with E-state index in [0.29, 0.717) is 18.0 Å². The number of amides is 4. The number of thiophene rings is 1. The topological polar surface area (TPSA) is 97.0 Å². The first kappa shape index (κ1) is 18.3.